The zero-order valence-electron chi connectivity index (χ0n) is 12.5. The van der Waals surface area contributed by atoms with Crippen molar-refractivity contribution in [3.63, 3.8) is 0 Å². The Labute approximate surface area is 135 Å². The van der Waals surface area contributed by atoms with Gasteiger partial charge in [0.15, 0.2) is 0 Å². The first-order chi connectivity index (χ1) is 10.6. The molecule has 0 aromatic heterocycles. The molecule has 1 heterocycles. The van der Waals surface area contributed by atoms with E-state index in [4.69, 9.17) is 11.6 Å². The normalized spacial score (nSPS) is 16.0. The highest BCUT2D eigenvalue weighted by molar-refractivity contribution is 6.33. The van der Waals surface area contributed by atoms with Crippen LogP contribution in [0.25, 0.3) is 0 Å². The largest absolute Gasteiger partial charge is 0.468 e. The number of benzene rings is 1. The molecule has 7 heteroatoms. The highest BCUT2D eigenvalue weighted by atomic mass is 35.5. The Morgan fingerprint density at radius 2 is 2.00 bits per heavy atom. The van der Waals surface area contributed by atoms with E-state index in [9.17, 15) is 9.59 Å². The summed E-state index contributed by atoms with van der Waals surface area (Å²) in [5, 5.41) is 3.33. The summed E-state index contributed by atoms with van der Waals surface area (Å²) in [5.41, 5.74) is 0.602. The first-order valence-electron chi connectivity index (χ1n) is 7.20. The van der Waals surface area contributed by atoms with Crippen LogP contribution in [0.4, 0.5) is 10.5 Å². The second-order valence-corrected chi connectivity index (χ2v) is 5.51. The predicted molar refractivity (Wildman–Crippen MR) is 85.1 cm³/mol. The van der Waals surface area contributed by atoms with Gasteiger partial charge >= 0.3 is 12.0 Å². The maximum absolute atomic E-state index is 12.3. The number of carbonyl (C=O) groups excluding carboxylic acids is 2. The maximum Gasteiger partial charge on any atom is 0.321 e. The molecule has 0 radical (unpaired) electrons. The van der Waals surface area contributed by atoms with Crippen molar-refractivity contribution in [1.29, 1.82) is 0 Å². The van der Waals surface area contributed by atoms with Gasteiger partial charge in [-0.2, -0.15) is 0 Å². The standard InChI is InChI=1S/C15H20ClN3O3/c1-22-14(20)11-18-7-4-8-19(10-9-18)15(21)17-13-6-3-2-5-12(13)16/h2-3,5-6H,4,7-11H2,1H3,(H,17,21). The third-order valence-electron chi connectivity index (χ3n) is 3.57. The van der Waals surface area contributed by atoms with Gasteiger partial charge in [0.05, 0.1) is 24.4 Å². The molecule has 1 aliphatic heterocycles. The van der Waals surface area contributed by atoms with Gasteiger partial charge in [-0.3, -0.25) is 9.69 Å². The predicted octanol–water partition coefficient (Wildman–Crippen LogP) is 2.05. The number of nitrogens with zero attached hydrogens (tertiary/aromatic N) is 2. The fourth-order valence-corrected chi connectivity index (χ4v) is 2.52. The monoisotopic (exact) mass is 325 g/mol. The first-order valence-corrected chi connectivity index (χ1v) is 7.57. The number of esters is 1. The third kappa shape index (κ3) is 4.61. The van der Waals surface area contributed by atoms with Crippen molar-refractivity contribution in [3.05, 3.63) is 29.3 Å². The van der Waals surface area contributed by atoms with Gasteiger partial charge in [0.1, 0.15) is 0 Å². The average molecular weight is 326 g/mol. The van der Waals surface area contributed by atoms with Crippen molar-refractivity contribution in [1.82, 2.24) is 9.80 Å². The van der Waals surface area contributed by atoms with Crippen molar-refractivity contribution in [2.45, 2.75) is 6.42 Å². The van der Waals surface area contributed by atoms with Gasteiger partial charge in [0.25, 0.3) is 0 Å². The lowest BCUT2D eigenvalue weighted by Gasteiger charge is -2.22. The molecule has 0 saturated carbocycles. The molecule has 0 unspecified atom stereocenters. The smallest absolute Gasteiger partial charge is 0.321 e. The molecule has 1 N–H and O–H groups in total. The minimum atomic E-state index is -0.256. The molecule has 1 aromatic rings. The Balaban J connectivity index is 1.89. The van der Waals surface area contributed by atoms with Crippen molar-refractivity contribution >= 4 is 29.3 Å². The van der Waals surface area contributed by atoms with E-state index in [0.717, 1.165) is 13.0 Å². The lowest BCUT2D eigenvalue weighted by atomic mass is 10.3. The van der Waals surface area contributed by atoms with Crippen LogP contribution in [0.3, 0.4) is 0 Å². The Morgan fingerprint density at radius 1 is 1.23 bits per heavy atom. The minimum absolute atomic E-state index is 0.173. The van der Waals surface area contributed by atoms with Crippen LogP contribution in [0.5, 0.6) is 0 Å². The summed E-state index contributed by atoms with van der Waals surface area (Å²) in [4.78, 5) is 27.3. The van der Waals surface area contributed by atoms with E-state index >= 15 is 0 Å². The van der Waals surface area contributed by atoms with Crippen LogP contribution in [-0.4, -0.2) is 61.6 Å². The summed E-state index contributed by atoms with van der Waals surface area (Å²) in [6.07, 6.45) is 0.812. The van der Waals surface area contributed by atoms with E-state index in [1.165, 1.54) is 7.11 Å². The van der Waals surface area contributed by atoms with Crippen LogP contribution in [-0.2, 0) is 9.53 Å². The molecule has 0 spiro atoms. The van der Waals surface area contributed by atoms with E-state index in [1.807, 2.05) is 17.0 Å². The quantitative estimate of drug-likeness (QED) is 0.864. The van der Waals surface area contributed by atoms with Crippen molar-refractivity contribution in [2.75, 3.05) is 45.2 Å². The van der Waals surface area contributed by atoms with Gasteiger partial charge in [-0.05, 0) is 18.6 Å². The van der Waals surface area contributed by atoms with Crippen LogP contribution >= 0.6 is 11.6 Å². The van der Waals surface area contributed by atoms with Crippen molar-refractivity contribution < 1.29 is 14.3 Å². The number of amides is 2. The van der Waals surface area contributed by atoms with Crippen LogP contribution in [0.15, 0.2) is 24.3 Å². The van der Waals surface area contributed by atoms with Crippen molar-refractivity contribution in [3.8, 4) is 0 Å². The number of methoxy groups -OCH3 is 1. The average Bonchev–Trinajstić information content (AvgIpc) is 2.75. The number of halogens is 1. The molecule has 2 amide bonds. The molecule has 2 rings (SSSR count). The molecule has 0 bridgehead atoms. The van der Waals surface area contributed by atoms with E-state index in [0.29, 0.717) is 30.3 Å². The summed E-state index contributed by atoms with van der Waals surface area (Å²) in [6, 6.07) is 6.96. The summed E-state index contributed by atoms with van der Waals surface area (Å²) >= 11 is 6.04. The lowest BCUT2D eigenvalue weighted by molar-refractivity contribution is -0.141. The number of hydrogen-bond acceptors (Lipinski definition) is 4. The van der Waals surface area contributed by atoms with Gasteiger partial charge in [0, 0.05) is 26.2 Å². The van der Waals surface area contributed by atoms with Gasteiger partial charge in [-0.25, -0.2) is 4.79 Å². The van der Waals surface area contributed by atoms with E-state index in [2.05, 4.69) is 10.1 Å². The summed E-state index contributed by atoms with van der Waals surface area (Å²) in [6.45, 7) is 2.88. The number of urea groups is 1. The number of rotatable bonds is 3. The fraction of sp³-hybridized carbons (Fsp3) is 0.467. The van der Waals surface area contributed by atoms with Gasteiger partial charge in [-0.1, -0.05) is 23.7 Å². The Morgan fingerprint density at radius 3 is 2.73 bits per heavy atom. The van der Waals surface area contributed by atoms with Crippen LogP contribution in [0.2, 0.25) is 5.02 Å². The van der Waals surface area contributed by atoms with Crippen LogP contribution in [0.1, 0.15) is 6.42 Å². The summed E-state index contributed by atoms with van der Waals surface area (Å²) in [7, 11) is 1.38. The molecule has 1 aromatic carbocycles. The highest BCUT2D eigenvalue weighted by Crippen LogP contribution is 2.21. The number of ether oxygens (including phenoxy) is 1. The second kappa shape index (κ2) is 8.00. The van der Waals surface area contributed by atoms with Crippen LogP contribution < -0.4 is 5.32 Å². The highest BCUT2D eigenvalue weighted by Gasteiger charge is 2.21. The Hall–Kier alpha value is -1.79. The molecule has 0 aliphatic carbocycles. The van der Waals surface area contributed by atoms with Crippen LogP contribution in [0, 0.1) is 0 Å². The molecule has 120 valence electrons. The molecular formula is C15H20ClN3O3. The number of anilines is 1. The van der Waals surface area contributed by atoms with Gasteiger partial charge in [-0.15, -0.1) is 0 Å². The molecule has 6 nitrogen and oxygen atoms in total. The first kappa shape index (κ1) is 16.6. The third-order valence-corrected chi connectivity index (χ3v) is 3.90. The summed E-state index contributed by atoms with van der Waals surface area (Å²) < 4.78 is 4.67. The van der Waals surface area contributed by atoms with Gasteiger partial charge < -0.3 is 15.0 Å². The Kier molecular flexibility index (Phi) is 6.03. The molecule has 1 aliphatic rings. The Bertz CT molecular complexity index is 539. The van der Waals surface area contributed by atoms with Crippen molar-refractivity contribution in [2.24, 2.45) is 0 Å². The fourth-order valence-electron chi connectivity index (χ4n) is 2.34. The maximum atomic E-state index is 12.3. The summed E-state index contributed by atoms with van der Waals surface area (Å²) in [5.74, 6) is -0.256. The van der Waals surface area contributed by atoms with E-state index < -0.39 is 0 Å². The zero-order chi connectivity index (χ0) is 15.9. The SMILES string of the molecule is COC(=O)CN1CCCN(C(=O)Nc2ccccc2Cl)CC1. The number of nitrogens with one attached hydrogen (secondary N) is 1. The molecule has 0 atom stereocenters. The molecule has 1 saturated heterocycles. The second-order valence-electron chi connectivity index (χ2n) is 5.10. The molecule has 22 heavy (non-hydrogen) atoms. The zero-order valence-corrected chi connectivity index (χ0v) is 13.3. The number of para-hydroxylation sites is 1. The topological polar surface area (TPSA) is 61.9 Å². The molecule has 1 fully saturated rings. The number of hydrogen-bond donors (Lipinski definition) is 1. The molecular weight excluding hydrogens is 306 g/mol. The minimum Gasteiger partial charge on any atom is -0.468 e. The lowest BCUT2D eigenvalue weighted by Crippen LogP contribution is -2.39. The van der Waals surface area contributed by atoms with E-state index in [-0.39, 0.29) is 18.5 Å². The number of carbonyl (C=O) groups is 2. The van der Waals surface area contributed by atoms with Gasteiger partial charge in [0.2, 0.25) is 0 Å². The van der Waals surface area contributed by atoms with E-state index in [1.54, 1.807) is 17.0 Å².